The lowest BCUT2D eigenvalue weighted by molar-refractivity contribution is 0.312. The quantitative estimate of drug-likeness (QED) is 0.803. The highest BCUT2D eigenvalue weighted by Crippen LogP contribution is 2.32. The van der Waals surface area contributed by atoms with Crippen LogP contribution in [0.3, 0.4) is 0 Å². The molecule has 1 heterocycles. The molecule has 0 radical (unpaired) electrons. The van der Waals surface area contributed by atoms with E-state index >= 15 is 0 Å². The van der Waals surface area contributed by atoms with Crippen molar-refractivity contribution in [3.05, 3.63) is 29.9 Å². The molecule has 1 aromatic heterocycles. The van der Waals surface area contributed by atoms with E-state index in [0.717, 1.165) is 35.9 Å². The van der Waals surface area contributed by atoms with Gasteiger partial charge in [-0.3, -0.25) is 0 Å². The van der Waals surface area contributed by atoms with Gasteiger partial charge in [0.2, 0.25) is 5.89 Å². The molecule has 1 aliphatic carbocycles. The molecule has 6 nitrogen and oxygen atoms in total. The predicted octanol–water partition coefficient (Wildman–Crippen LogP) is 3.77. The van der Waals surface area contributed by atoms with Gasteiger partial charge in [0.05, 0.1) is 20.8 Å². The first-order valence-corrected chi connectivity index (χ1v) is 8.46. The van der Waals surface area contributed by atoms with Crippen molar-refractivity contribution in [3.8, 4) is 11.5 Å². The zero-order valence-electron chi connectivity index (χ0n) is 14.6. The molecule has 3 rings (SSSR count). The molecule has 0 amide bonds. The number of hydrogen-bond acceptors (Lipinski definition) is 6. The van der Waals surface area contributed by atoms with Gasteiger partial charge >= 0.3 is 0 Å². The summed E-state index contributed by atoms with van der Waals surface area (Å²) in [7, 11) is 5.28. The first kappa shape index (κ1) is 16.6. The molecule has 2 aromatic rings. The Kier molecular flexibility index (Phi) is 5.23. The van der Waals surface area contributed by atoms with E-state index in [-0.39, 0.29) is 0 Å². The summed E-state index contributed by atoms with van der Waals surface area (Å²) in [5.41, 5.74) is 0.982. The Balaban J connectivity index is 1.70. The number of methoxy groups -OCH3 is 2. The molecule has 0 spiro atoms. The molecule has 130 valence electrons. The molecule has 1 aliphatic rings. The Labute approximate surface area is 142 Å². The van der Waals surface area contributed by atoms with Crippen LogP contribution in [0.1, 0.15) is 49.7 Å². The summed E-state index contributed by atoms with van der Waals surface area (Å²) in [6.07, 6.45) is 6.14. The molecule has 0 aliphatic heterocycles. The molecule has 24 heavy (non-hydrogen) atoms. The third kappa shape index (κ3) is 3.80. The fraction of sp³-hybridized carbons (Fsp3) is 0.556. The second kappa shape index (κ2) is 7.55. The minimum atomic E-state index is 0.433. The first-order valence-electron chi connectivity index (χ1n) is 8.46. The van der Waals surface area contributed by atoms with Crippen LogP contribution in [0.2, 0.25) is 0 Å². The van der Waals surface area contributed by atoms with E-state index in [2.05, 4.69) is 15.0 Å². The van der Waals surface area contributed by atoms with Crippen LogP contribution in [-0.4, -0.2) is 31.4 Å². The van der Waals surface area contributed by atoms with Gasteiger partial charge in [-0.15, -0.1) is 0 Å². The third-order valence-corrected chi connectivity index (χ3v) is 4.59. The maximum absolute atomic E-state index is 5.49. The lowest BCUT2D eigenvalue weighted by atomic mass is 9.89. The van der Waals surface area contributed by atoms with Crippen molar-refractivity contribution in [2.75, 3.05) is 26.2 Å². The van der Waals surface area contributed by atoms with Crippen LogP contribution in [0.25, 0.3) is 0 Å². The minimum Gasteiger partial charge on any atom is -0.497 e. The first-order chi connectivity index (χ1) is 11.7. The van der Waals surface area contributed by atoms with Crippen molar-refractivity contribution in [2.45, 2.75) is 44.6 Å². The van der Waals surface area contributed by atoms with Gasteiger partial charge in [0.15, 0.2) is 5.82 Å². The molecule has 0 saturated heterocycles. The highest BCUT2D eigenvalue weighted by molar-refractivity contribution is 5.55. The van der Waals surface area contributed by atoms with E-state index in [1.54, 1.807) is 14.2 Å². The lowest BCUT2D eigenvalue weighted by Gasteiger charge is -2.19. The average molecular weight is 331 g/mol. The van der Waals surface area contributed by atoms with Crippen molar-refractivity contribution in [1.29, 1.82) is 0 Å². The van der Waals surface area contributed by atoms with Gasteiger partial charge in [0.1, 0.15) is 11.5 Å². The average Bonchev–Trinajstić information content (AvgIpc) is 3.10. The van der Waals surface area contributed by atoms with Crippen molar-refractivity contribution in [3.63, 3.8) is 0 Å². The van der Waals surface area contributed by atoms with Gasteiger partial charge in [0, 0.05) is 36.9 Å². The Hall–Kier alpha value is -2.24. The van der Waals surface area contributed by atoms with Crippen LogP contribution < -0.4 is 14.4 Å². The number of rotatable bonds is 6. The Morgan fingerprint density at radius 2 is 1.75 bits per heavy atom. The van der Waals surface area contributed by atoms with Crippen molar-refractivity contribution in [2.24, 2.45) is 0 Å². The van der Waals surface area contributed by atoms with Crippen LogP contribution in [0.5, 0.6) is 11.5 Å². The second-order valence-corrected chi connectivity index (χ2v) is 6.31. The highest BCUT2D eigenvalue weighted by Gasteiger charge is 2.22. The van der Waals surface area contributed by atoms with Gasteiger partial charge in [-0.1, -0.05) is 24.4 Å². The van der Waals surface area contributed by atoms with Gasteiger partial charge in [0.25, 0.3) is 0 Å². The topological polar surface area (TPSA) is 60.6 Å². The predicted molar refractivity (Wildman–Crippen MR) is 91.8 cm³/mol. The van der Waals surface area contributed by atoms with E-state index in [4.69, 9.17) is 14.0 Å². The van der Waals surface area contributed by atoms with Crippen LogP contribution in [0.15, 0.2) is 22.7 Å². The summed E-state index contributed by atoms with van der Waals surface area (Å²) in [6, 6.07) is 5.78. The minimum absolute atomic E-state index is 0.433. The number of ether oxygens (including phenoxy) is 2. The molecule has 0 N–H and O–H groups in total. The highest BCUT2D eigenvalue weighted by atomic mass is 16.5. The Morgan fingerprint density at radius 3 is 2.38 bits per heavy atom. The molecular formula is C18H25N3O3. The normalized spacial score (nSPS) is 15.3. The van der Waals surface area contributed by atoms with E-state index in [1.807, 2.05) is 25.2 Å². The summed E-state index contributed by atoms with van der Waals surface area (Å²) in [5.74, 6) is 3.45. The SMILES string of the molecule is COc1cc(OC)cc(N(C)Cc2noc(C3CCCCC3)n2)c1. The van der Waals surface area contributed by atoms with Gasteiger partial charge in [-0.2, -0.15) is 4.98 Å². The Bertz CT molecular complexity index is 643. The maximum Gasteiger partial charge on any atom is 0.229 e. The van der Waals surface area contributed by atoms with E-state index < -0.39 is 0 Å². The van der Waals surface area contributed by atoms with Crippen LogP contribution in [-0.2, 0) is 6.54 Å². The monoisotopic (exact) mass is 331 g/mol. The molecule has 1 saturated carbocycles. The third-order valence-electron chi connectivity index (χ3n) is 4.59. The number of hydrogen-bond donors (Lipinski definition) is 0. The van der Waals surface area contributed by atoms with Gasteiger partial charge < -0.3 is 18.9 Å². The molecule has 1 aromatic carbocycles. The van der Waals surface area contributed by atoms with Crippen molar-refractivity contribution in [1.82, 2.24) is 10.1 Å². The molecule has 0 unspecified atom stereocenters. The summed E-state index contributed by atoms with van der Waals surface area (Å²) in [4.78, 5) is 6.66. The maximum atomic E-state index is 5.49. The van der Waals surface area contributed by atoms with Crippen LogP contribution in [0, 0.1) is 0 Å². The van der Waals surface area contributed by atoms with Crippen molar-refractivity contribution >= 4 is 5.69 Å². The summed E-state index contributed by atoms with van der Waals surface area (Å²) < 4.78 is 16.1. The number of nitrogens with zero attached hydrogens (tertiary/aromatic N) is 3. The van der Waals surface area contributed by atoms with Crippen molar-refractivity contribution < 1.29 is 14.0 Å². The van der Waals surface area contributed by atoms with Gasteiger partial charge in [-0.05, 0) is 12.8 Å². The number of benzene rings is 1. The summed E-state index contributed by atoms with van der Waals surface area (Å²) in [6.45, 7) is 0.576. The lowest BCUT2D eigenvalue weighted by Crippen LogP contribution is -2.17. The zero-order chi connectivity index (χ0) is 16.9. The van der Waals surface area contributed by atoms with Gasteiger partial charge in [-0.25, -0.2) is 0 Å². The fourth-order valence-corrected chi connectivity index (χ4v) is 3.16. The molecular weight excluding hydrogens is 306 g/mol. The molecule has 6 heteroatoms. The zero-order valence-corrected chi connectivity index (χ0v) is 14.6. The molecule has 0 atom stereocenters. The summed E-state index contributed by atoms with van der Waals surface area (Å²) in [5, 5.41) is 4.15. The second-order valence-electron chi connectivity index (χ2n) is 6.31. The van der Waals surface area contributed by atoms with E-state index in [1.165, 1.54) is 19.3 Å². The Morgan fingerprint density at radius 1 is 1.08 bits per heavy atom. The standard InChI is InChI=1S/C18H25N3O3/c1-21(14-9-15(22-2)11-16(10-14)23-3)12-17-19-18(24-20-17)13-7-5-4-6-8-13/h9-11,13H,4-8,12H2,1-3H3. The fourth-order valence-electron chi connectivity index (χ4n) is 3.16. The summed E-state index contributed by atoms with van der Waals surface area (Å²) >= 11 is 0. The molecule has 0 bridgehead atoms. The van der Waals surface area contributed by atoms with E-state index in [0.29, 0.717) is 18.3 Å². The number of aromatic nitrogens is 2. The van der Waals surface area contributed by atoms with E-state index in [9.17, 15) is 0 Å². The molecule has 1 fully saturated rings. The number of anilines is 1. The van der Waals surface area contributed by atoms with Crippen LogP contribution >= 0.6 is 0 Å². The largest absolute Gasteiger partial charge is 0.497 e. The van der Waals surface area contributed by atoms with Crippen LogP contribution in [0.4, 0.5) is 5.69 Å². The smallest absolute Gasteiger partial charge is 0.229 e.